The minimum absolute atomic E-state index is 0.0337. The fourth-order valence-electron chi connectivity index (χ4n) is 3.19. The first-order chi connectivity index (χ1) is 14.0. The average Bonchev–Trinajstić information content (AvgIpc) is 3.13. The van der Waals surface area contributed by atoms with Gasteiger partial charge in [0, 0.05) is 28.0 Å². The minimum Gasteiger partial charge on any atom is -0.306 e. The van der Waals surface area contributed by atoms with Crippen molar-refractivity contribution in [2.24, 2.45) is 0 Å². The van der Waals surface area contributed by atoms with E-state index in [-0.39, 0.29) is 22.7 Å². The van der Waals surface area contributed by atoms with Gasteiger partial charge in [-0.2, -0.15) is 0 Å². The summed E-state index contributed by atoms with van der Waals surface area (Å²) < 4.78 is 2.11. The minimum atomic E-state index is -0.405. The van der Waals surface area contributed by atoms with Crippen LogP contribution in [0.2, 0.25) is 0 Å². The average molecular weight is 452 g/mol. The van der Waals surface area contributed by atoms with Crippen molar-refractivity contribution in [2.45, 2.75) is 19.8 Å². The highest BCUT2D eigenvalue weighted by molar-refractivity contribution is 9.10. The highest BCUT2D eigenvalue weighted by Gasteiger charge is 2.22. The van der Waals surface area contributed by atoms with Gasteiger partial charge in [0.2, 0.25) is 0 Å². The number of aromatic amines is 1. The quantitative estimate of drug-likeness (QED) is 0.485. The van der Waals surface area contributed by atoms with Gasteiger partial charge in [0.05, 0.1) is 5.69 Å². The Hall–Kier alpha value is -3.26. The predicted octanol–water partition coefficient (Wildman–Crippen LogP) is 4.22. The van der Waals surface area contributed by atoms with Gasteiger partial charge in [-0.3, -0.25) is 14.7 Å². The summed E-state index contributed by atoms with van der Waals surface area (Å²) in [6.07, 6.45) is 3.07. The van der Waals surface area contributed by atoms with Crippen LogP contribution < -0.4 is 10.9 Å². The number of nitrogens with one attached hydrogen (secondary N) is 2. The first-order valence-electron chi connectivity index (χ1n) is 9.08. The molecule has 29 heavy (non-hydrogen) atoms. The van der Waals surface area contributed by atoms with E-state index in [9.17, 15) is 9.59 Å². The number of anilines is 1. The molecule has 0 aliphatic rings. The number of pyridine rings is 1. The Morgan fingerprint density at radius 2 is 1.97 bits per heavy atom. The maximum Gasteiger partial charge on any atom is 0.276 e. The lowest BCUT2D eigenvalue weighted by Gasteiger charge is -2.12. The number of hydrogen-bond donors (Lipinski definition) is 2. The molecule has 0 aliphatic heterocycles. The summed E-state index contributed by atoms with van der Waals surface area (Å²) >= 11 is 3.35. The number of aromatic nitrogens is 4. The summed E-state index contributed by atoms with van der Waals surface area (Å²) in [4.78, 5) is 34.8. The van der Waals surface area contributed by atoms with Crippen LogP contribution in [0.1, 0.15) is 35.7 Å². The molecule has 0 fully saturated rings. The lowest BCUT2D eigenvalue weighted by molar-refractivity contribution is 0.102. The maximum atomic E-state index is 13.1. The monoisotopic (exact) mass is 451 g/mol. The fraction of sp³-hybridized carbons (Fsp3) is 0.143. The van der Waals surface area contributed by atoms with Crippen LogP contribution in [0.3, 0.4) is 0 Å². The number of benzene rings is 1. The molecule has 1 amide bonds. The van der Waals surface area contributed by atoms with Crippen LogP contribution in [0.5, 0.6) is 0 Å². The van der Waals surface area contributed by atoms with E-state index in [0.717, 1.165) is 10.0 Å². The Labute approximate surface area is 174 Å². The molecule has 0 saturated carbocycles. The van der Waals surface area contributed by atoms with Crippen molar-refractivity contribution in [2.75, 3.05) is 5.32 Å². The number of H-pyrrole nitrogens is 1. The second kappa shape index (κ2) is 7.63. The van der Waals surface area contributed by atoms with Crippen molar-refractivity contribution in [1.82, 2.24) is 19.6 Å². The summed E-state index contributed by atoms with van der Waals surface area (Å²) in [5.41, 5.74) is 2.32. The van der Waals surface area contributed by atoms with Crippen molar-refractivity contribution < 1.29 is 4.79 Å². The molecule has 3 aromatic heterocycles. The molecule has 8 heteroatoms. The molecule has 0 unspecified atom stereocenters. The summed E-state index contributed by atoms with van der Waals surface area (Å²) in [7, 11) is 0. The third-order valence-electron chi connectivity index (χ3n) is 4.53. The van der Waals surface area contributed by atoms with Gasteiger partial charge in [-0.1, -0.05) is 60.1 Å². The third-order valence-corrected chi connectivity index (χ3v) is 5.02. The SMILES string of the molecule is CC(C)c1c(-c2ccccc2)nc2c(C(=O)Nc3cc(Br)ccn3)c[nH]n2c1=O. The first kappa shape index (κ1) is 19.1. The van der Waals surface area contributed by atoms with Gasteiger partial charge < -0.3 is 5.32 Å². The number of hydrogen-bond acceptors (Lipinski definition) is 4. The van der Waals surface area contributed by atoms with Gasteiger partial charge in [-0.25, -0.2) is 14.5 Å². The predicted molar refractivity (Wildman–Crippen MR) is 115 cm³/mol. The van der Waals surface area contributed by atoms with Crippen LogP contribution in [0, 0.1) is 0 Å². The molecular weight excluding hydrogens is 434 g/mol. The lowest BCUT2D eigenvalue weighted by atomic mass is 9.98. The Morgan fingerprint density at radius 1 is 1.21 bits per heavy atom. The molecule has 7 nitrogen and oxygen atoms in total. The number of rotatable bonds is 4. The van der Waals surface area contributed by atoms with Gasteiger partial charge in [-0.15, -0.1) is 0 Å². The maximum absolute atomic E-state index is 13.1. The van der Waals surface area contributed by atoms with Gasteiger partial charge in [-0.05, 0) is 18.1 Å². The molecular formula is C21H18BrN5O2. The molecule has 1 aromatic carbocycles. The van der Waals surface area contributed by atoms with Crippen LogP contribution in [-0.4, -0.2) is 25.5 Å². The van der Waals surface area contributed by atoms with Crippen LogP contribution in [-0.2, 0) is 0 Å². The van der Waals surface area contributed by atoms with Crippen molar-refractivity contribution in [1.29, 1.82) is 0 Å². The van der Waals surface area contributed by atoms with Crippen LogP contribution in [0.15, 0.2) is 64.1 Å². The summed E-state index contributed by atoms with van der Waals surface area (Å²) in [5, 5.41) is 5.60. The Morgan fingerprint density at radius 3 is 2.66 bits per heavy atom. The van der Waals surface area contributed by atoms with Crippen LogP contribution >= 0.6 is 15.9 Å². The fourth-order valence-corrected chi connectivity index (χ4v) is 3.52. The molecule has 0 radical (unpaired) electrons. The van der Waals surface area contributed by atoms with E-state index in [1.165, 1.54) is 10.7 Å². The number of amides is 1. The molecule has 0 saturated heterocycles. The summed E-state index contributed by atoms with van der Waals surface area (Å²) in [6.45, 7) is 3.90. The Kier molecular flexibility index (Phi) is 5.02. The molecule has 0 spiro atoms. The molecule has 3 heterocycles. The Bertz CT molecular complexity index is 1260. The highest BCUT2D eigenvalue weighted by atomic mass is 79.9. The molecule has 0 aliphatic carbocycles. The molecule has 146 valence electrons. The smallest absolute Gasteiger partial charge is 0.276 e. The van der Waals surface area contributed by atoms with Crippen molar-refractivity contribution in [3.8, 4) is 11.3 Å². The van der Waals surface area contributed by atoms with Crippen molar-refractivity contribution >= 4 is 33.3 Å². The molecule has 0 bridgehead atoms. The number of carbonyl (C=O) groups excluding carboxylic acids is 1. The van der Waals surface area contributed by atoms with Crippen LogP contribution in [0.4, 0.5) is 5.82 Å². The number of halogens is 1. The van der Waals surface area contributed by atoms with Gasteiger partial charge in [0.25, 0.3) is 11.5 Å². The highest BCUT2D eigenvalue weighted by Crippen LogP contribution is 2.26. The lowest BCUT2D eigenvalue weighted by Crippen LogP contribution is -2.23. The second-order valence-electron chi connectivity index (χ2n) is 6.86. The second-order valence-corrected chi connectivity index (χ2v) is 7.78. The summed E-state index contributed by atoms with van der Waals surface area (Å²) in [6, 6.07) is 13.0. The zero-order valence-electron chi connectivity index (χ0n) is 15.8. The zero-order chi connectivity index (χ0) is 20.5. The van der Waals surface area contributed by atoms with E-state index in [1.807, 2.05) is 44.2 Å². The van der Waals surface area contributed by atoms with Crippen molar-refractivity contribution in [3.05, 3.63) is 80.8 Å². The summed E-state index contributed by atoms with van der Waals surface area (Å²) in [5.74, 6) is -0.0423. The topological polar surface area (TPSA) is 92.2 Å². The molecule has 4 aromatic rings. The number of fused-ring (bicyclic) bond motifs is 1. The standard InChI is InChI=1S/C21H18BrN5O2/c1-12(2)17-18(13-6-4-3-5-7-13)26-19-15(11-24-27(19)21(17)29)20(28)25-16-10-14(22)8-9-23-16/h3-12,24H,1-2H3,(H,23,25,28). The molecule has 2 N–H and O–H groups in total. The molecule has 4 rings (SSSR count). The first-order valence-corrected chi connectivity index (χ1v) is 9.87. The van der Waals surface area contributed by atoms with E-state index in [0.29, 0.717) is 17.1 Å². The largest absolute Gasteiger partial charge is 0.306 e. The zero-order valence-corrected chi connectivity index (χ0v) is 17.4. The molecule has 0 atom stereocenters. The Balaban J connectivity index is 1.86. The van der Waals surface area contributed by atoms with E-state index < -0.39 is 5.91 Å². The number of nitrogens with zero attached hydrogens (tertiary/aromatic N) is 3. The van der Waals surface area contributed by atoms with E-state index in [1.54, 1.807) is 18.3 Å². The van der Waals surface area contributed by atoms with Gasteiger partial charge in [0.15, 0.2) is 5.65 Å². The van der Waals surface area contributed by atoms with Crippen molar-refractivity contribution in [3.63, 3.8) is 0 Å². The van der Waals surface area contributed by atoms with Gasteiger partial charge >= 0.3 is 0 Å². The third kappa shape index (κ3) is 3.58. The van der Waals surface area contributed by atoms with Gasteiger partial charge in [0.1, 0.15) is 11.4 Å². The van der Waals surface area contributed by atoms with E-state index in [2.05, 4.69) is 31.3 Å². The van der Waals surface area contributed by atoms with E-state index in [4.69, 9.17) is 4.98 Å². The normalized spacial score (nSPS) is 11.2. The van der Waals surface area contributed by atoms with Crippen LogP contribution in [0.25, 0.3) is 16.9 Å². The number of carbonyl (C=O) groups is 1. The van der Waals surface area contributed by atoms with E-state index >= 15 is 0 Å².